The van der Waals surface area contributed by atoms with Crippen molar-refractivity contribution in [2.45, 2.75) is 65.2 Å². The van der Waals surface area contributed by atoms with Crippen LogP contribution < -0.4 is 0 Å². The van der Waals surface area contributed by atoms with Crippen molar-refractivity contribution in [2.24, 2.45) is 5.92 Å². The monoisotopic (exact) mass is 258 g/mol. The van der Waals surface area contributed by atoms with E-state index in [1.165, 1.54) is 0 Å². The van der Waals surface area contributed by atoms with E-state index in [0.717, 1.165) is 32.1 Å². The second-order valence-corrected chi connectivity index (χ2v) is 4.62. The predicted molar refractivity (Wildman–Crippen MR) is 70.4 cm³/mol. The molecule has 0 aliphatic carbocycles. The summed E-state index contributed by atoms with van der Waals surface area (Å²) in [6, 6.07) is 0. The van der Waals surface area contributed by atoms with E-state index in [1.807, 2.05) is 6.92 Å². The summed E-state index contributed by atoms with van der Waals surface area (Å²) in [7, 11) is 0. The molecule has 0 aliphatic heterocycles. The van der Waals surface area contributed by atoms with E-state index in [2.05, 4.69) is 6.92 Å². The Balaban J connectivity index is 3.44. The molecule has 0 saturated heterocycles. The topological polar surface area (TPSA) is 63.6 Å². The molecule has 1 N–H and O–H groups in total. The number of hydrogen-bond donors (Lipinski definition) is 1. The van der Waals surface area contributed by atoms with Gasteiger partial charge in [0, 0.05) is 6.42 Å². The van der Waals surface area contributed by atoms with Crippen LogP contribution in [0.25, 0.3) is 0 Å². The maximum atomic E-state index is 11.3. The summed E-state index contributed by atoms with van der Waals surface area (Å²) >= 11 is 0. The highest BCUT2D eigenvalue weighted by Gasteiger charge is 2.13. The van der Waals surface area contributed by atoms with Crippen LogP contribution in [0.2, 0.25) is 0 Å². The maximum Gasteiger partial charge on any atom is 0.306 e. The highest BCUT2D eigenvalue weighted by molar-refractivity contribution is 5.70. The SMILES string of the molecule is CCCCOC(=O)CCCCCC(CC)C(=O)O. The van der Waals surface area contributed by atoms with Gasteiger partial charge in [0.1, 0.15) is 0 Å². The Kier molecular flexibility index (Phi) is 10.4. The van der Waals surface area contributed by atoms with Crippen LogP contribution >= 0.6 is 0 Å². The maximum absolute atomic E-state index is 11.3. The molecule has 0 heterocycles. The van der Waals surface area contributed by atoms with Crippen LogP contribution in [-0.2, 0) is 14.3 Å². The number of hydrogen-bond acceptors (Lipinski definition) is 3. The molecule has 106 valence electrons. The van der Waals surface area contributed by atoms with Gasteiger partial charge in [0.2, 0.25) is 0 Å². The number of rotatable bonds is 11. The van der Waals surface area contributed by atoms with Gasteiger partial charge in [-0.3, -0.25) is 9.59 Å². The van der Waals surface area contributed by atoms with Crippen molar-refractivity contribution >= 4 is 11.9 Å². The lowest BCUT2D eigenvalue weighted by Gasteiger charge is -2.08. The molecule has 0 bridgehead atoms. The van der Waals surface area contributed by atoms with Crippen molar-refractivity contribution in [3.63, 3.8) is 0 Å². The van der Waals surface area contributed by atoms with Crippen LogP contribution in [0.15, 0.2) is 0 Å². The van der Waals surface area contributed by atoms with E-state index >= 15 is 0 Å². The van der Waals surface area contributed by atoms with Gasteiger partial charge < -0.3 is 9.84 Å². The highest BCUT2D eigenvalue weighted by atomic mass is 16.5. The number of esters is 1. The van der Waals surface area contributed by atoms with Crippen molar-refractivity contribution in [2.75, 3.05) is 6.61 Å². The zero-order chi connectivity index (χ0) is 13.8. The molecule has 0 aliphatic rings. The van der Waals surface area contributed by atoms with Crippen molar-refractivity contribution in [1.82, 2.24) is 0 Å². The first-order valence-corrected chi connectivity index (χ1v) is 7.00. The molecule has 0 aromatic carbocycles. The molecule has 0 radical (unpaired) electrons. The molecule has 4 nitrogen and oxygen atoms in total. The van der Waals surface area contributed by atoms with Crippen LogP contribution in [-0.4, -0.2) is 23.7 Å². The van der Waals surface area contributed by atoms with Gasteiger partial charge in [0.25, 0.3) is 0 Å². The lowest BCUT2D eigenvalue weighted by atomic mass is 9.98. The molecule has 0 spiro atoms. The van der Waals surface area contributed by atoms with Crippen LogP contribution in [0.5, 0.6) is 0 Å². The Bertz CT molecular complexity index is 238. The average Bonchev–Trinajstić information content (AvgIpc) is 2.33. The molecule has 1 atom stereocenters. The minimum absolute atomic E-state index is 0.131. The number of ether oxygens (including phenoxy) is 1. The molecule has 1 unspecified atom stereocenters. The Morgan fingerprint density at radius 2 is 1.83 bits per heavy atom. The number of aliphatic carboxylic acids is 1. The first-order valence-electron chi connectivity index (χ1n) is 7.00. The molecule has 0 fully saturated rings. The van der Waals surface area contributed by atoms with E-state index < -0.39 is 5.97 Å². The minimum Gasteiger partial charge on any atom is -0.481 e. The van der Waals surface area contributed by atoms with Gasteiger partial charge in [-0.15, -0.1) is 0 Å². The molecular weight excluding hydrogens is 232 g/mol. The quantitative estimate of drug-likeness (QED) is 0.456. The largest absolute Gasteiger partial charge is 0.481 e. The normalized spacial score (nSPS) is 12.1. The number of carbonyl (C=O) groups excluding carboxylic acids is 1. The van der Waals surface area contributed by atoms with Gasteiger partial charge >= 0.3 is 11.9 Å². The van der Waals surface area contributed by atoms with E-state index in [-0.39, 0.29) is 11.9 Å². The fourth-order valence-electron chi connectivity index (χ4n) is 1.74. The minimum atomic E-state index is -0.712. The van der Waals surface area contributed by atoms with Crippen LogP contribution in [0.3, 0.4) is 0 Å². The van der Waals surface area contributed by atoms with Crippen LogP contribution in [0.1, 0.15) is 65.2 Å². The number of carboxylic acid groups (broad SMARTS) is 1. The second-order valence-electron chi connectivity index (χ2n) is 4.62. The zero-order valence-electron chi connectivity index (χ0n) is 11.6. The van der Waals surface area contributed by atoms with E-state index in [1.54, 1.807) is 0 Å². The van der Waals surface area contributed by atoms with Crippen LogP contribution in [0, 0.1) is 5.92 Å². The summed E-state index contributed by atoms with van der Waals surface area (Å²) in [4.78, 5) is 22.0. The van der Waals surface area contributed by atoms with Crippen molar-refractivity contribution in [3.05, 3.63) is 0 Å². The summed E-state index contributed by atoms with van der Waals surface area (Å²) < 4.78 is 5.04. The Labute approximate surface area is 110 Å². The van der Waals surface area contributed by atoms with Crippen molar-refractivity contribution in [3.8, 4) is 0 Å². The Morgan fingerprint density at radius 1 is 1.11 bits per heavy atom. The molecule has 0 saturated carbocycles. The number of unbranched alkanes of at least 4 members (excludes halogenated alkanes) is 3. The molecule has 0 amide bonds. The summed E-state index contributed by atoms with van der Waals surface area (Å²) in [5.74, 6) is -1.08. The summed E-state index contributed by atoms with van der Waals surface area (Å²) in [5, 5.41) is 8.86. The molecule has 0 aromatic heterocycles. The first kappa shape index (κ1) is 16.9. The van der Waals surface area contributed by atoms with Crippen molar-refractivity contribution < 1.29 is 19.4 Å². The summed E-state index contributed by atoms with van der Waals surface area (Å²) in [6.45, 7) is 4.47. The van der Waals surface area contributed by atoms with Crippen LogP contribution in [0.4, 0.5) is 0 Å². The summed E-state index contributed by atoms with van der Waals surface area (Å²) in [5.41, 5.74) is 0. The van der Waals surface area contributed by atoms with E-state index in [4.69, 9.17) is 9.84 Å². The molecule has 18 heavy (non-hydrogen) atoms. The fourth-order valence-corrected chi connectivity index (χ4v) is 1.74. The molecule has 0 rings (SSSR count). The van der Waals surface area contributed by atoms with E-state index in [9.17, 15) is 9.59 Å². The molecule has 4 heteroatoms. The van der Waals surface area contributed by atoms with Gasteiger partial charge in [-0.1, -0.05) is 33.1 Å². The zero-order valence-corrected chi connectivity index (χ0v) is 11.6. The Morgan fingerprint density at radius 3 is 2.39 bits per heavy atom. The second kappa shape index (κ2) is 11.1. The first-order chi connectivity index (χ1) is 8.61. The van der Waals surface area contributed by atoms with Gasteiger partial charge in [-0.2, -0.15) is 0 Å². The number of carboxylic acids is 1. The van der Waals surface area contributed by atoms with Gasteiger partial charge in [0.05, 0.1) is 12.5 Å². The average molecular weight is 258 g/mol. The lowest BCUT2D eigenvalue weighted by Crippen LogP contribution is -2.12. The lowest BCUT2D eigenvalue weighted by molar-refractivity contribution is -0.144. The smallest absolute Gasteiger partial charge is 0.306 e. The van der Waals surface area contributed by atoms with Gasteiger partial charge in [-0.05, 0) is 25.7 Å². The standard InChI is InChI=1S/C14H26O4/c1-3-5-11-18-13(15)10-8-6-7-9-12(4-2)14(16)17/h12H,3-11H2,1-2H3,(H,16,17). The molecule has 0 aromatic rings. The number of carbonyl (C=O) groups is 2. The Hall–Kier alpha value is -1.06. The van der Waals surface area contributed by atoms with Gasteiger partial charge in [0.15, 0.2) is 0 Å². The fraction of sp³-hybridized carbons (Fsp3) is 0.857. The third-order valence-electron chi connectivity index (χ3n) is 3.04. The summed E-state index contributed by atoms with van der Waals surface area (Å²) in [6.07, 6.45) is 6.34. The third-order valence-corrected chi connectivity index (χ3v) is 3.04. The predicted octanol–water partition coefficient (Wildman–Crippen LogP) is 3.39. The third kappa shape index (κ3) is 9.02. The highest BCUT2D eigenvalue weighted by Crippen LogP contribution is 2.14. The van der Waals surface area contributed by atoms with Gasteiger partial charge in [-0.25, -0.2) is 0 Å². The van der Waals surface area contributed by atoms with Crippen molar-refractivity contribution in [1.29, 1.82) is 0 Å². The van der Waals surface area contributed by atoms with E-state index in [0.29, 0.717) is 25.9 Å². The molecular formula is C14H26O4.